The molecule has 1 aromatic rings. The molecule has 0 spiro atoms. The number of nitrogens with one attached hydrogen (secondary N) is 2. The Labute approximate surface area is 69.9 Å². The Morgan fingerprint density at radius 3 is 3.08 bits per heavy atom. The van der Waals surface area contributed by atoms with Gasteiger partial charge < -0.3 is 9.73 Å². The summed E-state index contributed by atoms with van der Waals surface area (Å²) in [6, 6.07) is 3.26. The summed E-state index contributed by atoms with van der Waals surface area (Å²) < 4.78 is 5.12. The fraction of sp³-hybridized carbons (Fsp3) is 0.375. The highest BCUT2D eigenvalue weighted by atomic mass is 16.3. The molecule has 1 aliphatic heterocycles. The van der Waals surface area contributed by atoms with E-state index in [-0.39, 0.29) is 11.9 Å². The zero-order chi connectivity index (χ0) is 8.39. The highest BCUT2D eigenvalue weighted by Gasteiger charge is 2.24. The number of amides is 1. The van der Waals surface area contributed by atoms with Crippen molar-refractivity contribution in [3.05, 3.63) is 24.2 Å². The van der Waals surface area contributed by atoms with Crippen LogP contribution >= 0.6 is 0 Å². The van der Waals surface area contributed by atoms with Crippen molar-refractivity contribution >= 4 is 5.91 Å². The maximum absolute atomic E-state index is 11.3. The molecule has 4 nitrogen and oxygen atoms in total. The SMILES string of the molecule is O=C1NCCNC1c1ccco1. The first-order chi connectivity index (χ1) is 5.88. The molecule has 1 fully saturated rings. The maximum Gasteiger partial charge on any atom is 0.245 e. The summed E-state index contributed by atoms with van der Waals surface area (Å²) >= 11 is 0. The first-order valence-corrected chi connectivity index (χ1v) is 3.92. The van der Waals surface area contributed by atoms with Crippen molar-refractivity contribution in [2.75, 3.05) is 13.1 Å². The third-order valence-corrected chi connectivity index (χ3v) is 1.86. The average Bonchev–Trinajstić information content (AvgIpc) is 2.57. The zero-order valence-electron chi connectivity index (χ0n) is 6.54. The van der Waals surface area contributed by atoms with Gasteiger partial charge in [-0.25, -0.2) is 0 Å². The van der Waals surface area contributed by atoms with Crippen molar-refractivity contribution in [1.29, 1.82) is 0 Å². The Morgan fingerprint density at radius 1 is 1.50 bits per heavy atom. The predicted molar refractivity (Wildman–Crippen MR) is 42.5 cm³/mol. The first kappa shape index (κ1) is 7.36. The molecule has 0 radical (unpaired) electrons. The molecule has 1 atom stereocenters. The van der Waals surface area contributed by atoms with Gasteiger partial charge in [0.15, 0.2) is 0 Å². The van der Waals surface area contributed by atoms with E-state index in [2.05, 4.69) is 10.6 Å². The van der Waals surface area contributed by atoms with Gasteiger partial charge in [-0.2, -0.15) is 0 Å². The van der Waals surface area contributed by atoms with E-state index in [4.69, 9.17) is 4.42 Å². The standard InChI is InChI=1S/C8H10N2O2/c11-8-7(9-3-4-10-8)6-2-1-5-12-6/h1-2,5,7,9H,3-4H2,(H,10,11). The lowest BCUT2D eigenvalue weighted by molar-refractivity contribution is -0.124. The molecule has 0 aromatic carbocycles. The minimum atomic E-state index is -0.311. The number of carbonyl (C=O) groups excluding carboxylic acids is 1. The molecule has 0 bridgehead atoms. The van der Waals surface area contributed by atoms with Crippen LogP contribution in [0.3, 0.4) is 0 Å². The summed E-state index contributed by atoms with van der Waals surface area (Å²) in [6.07, 6.45) is 1.57. The van der Waals surface area contributed by atoms with Gasteiger partial charge in [0.1, 0.15) is 11.8 Å². The molecule has 64 valence electrons. The van der Waals surface area contributed by atoms with Crippen LogP contribution in [0, 0.1) is 0 Å². The summed E-state index contributed by atoms with van der Waals surface area (Å²) in [7, 11) is 0. The quantitative estimate of drug-likeness (QED) is 0.619. The molecule has 1 aliphatic rings. The van der Waals surface area contributed by atoms with E-state index in [1.165, 1.54) is 0 Å². The largest absolute Gasteiger partial charge is 0.467 e. The summed E-state index contributed by atoms with van der Waals surface area (Å²) in [4.78, 5) is 11.3. The van der Waals surface area contributed by atoms with Crippen LogP contribution in [0.15, 0.2) is 22.8 Å². The molecule has 1 aromatic heterocycles. The number of carbonyl (C=O) groups is 1. The van der Waals surface area contributed by atoms with Gasteiger partial charge in [-0.05, 0) is 12.1 Å². The molecule has 2 heterocycles. The Kier molecular flexibility index (Phi) is 1.83. The van der Waals surface area contributed by atoms with Crippen LogP contribution < -0.4 is 10.6 Å². The van der Waals surface area contributed by atoms with E-state index in [1.807, 2.05) is 0 Å². The Bertz CT molecular complexity index is 269. The third-order valence-electron chi connectivity index (χ3n) is 1.86. The number of rotatable bonds is 1. The molecule has 4 heteroatoms. The Morgan fingerprint density at radius 2 is 2.42 bits per heavy atom. The number of furan rings is 1. The van der Waals surface area contributed by atoms with Crippen LogP contribution in [-0.2, 0) is 4.79 Å². The molecule has 1 unspecified atom stereocenters. The van der Waals surface area contributed by atoms with Gasteiger partial charge in [0.2, 0.25) is 5.91 Å². The van der Waals surface area contributed by atoms with E-state index in [0.29, 0.717) is 12.3 Å². The molecule has 2 rings (SSSR count). The first-order valence-electron chi connectivity index (χ1n) is 3.92. The van der Waals surface area contributed by atoms with Gasteiger partial charge >= 0.3 is 0 Å². The van der Waals surface area contributed by atoms with Gasteiger partial charge in [0, 0.05) is 13.1 Å². The van der Waals surface area contributed by atoms with Crippen LogP contribution in [-0.4, -0.2) is 19.0 Å². The topological polar surface area (TPSA) is 54.3 Å². The molecule has 0 aliphatic carbocycles. The minimum Gasteiger partial charge on any atom is -0.467 e. The van der Waals surface area contributed by atoms with Crippen molar-refractivity contribution < 1.29 is 9.21 Å². The lowest BCUT2D eigenvalue weighted by atomic mass is 10.2. The number of piperazine rings is 1. The second kappa shape index (κ2) is 2.98. The van der Waals surface area contributed by atoms with Crippen LogP contribution in [0.1, 0.15) is 11.8 Å². The van der Waals surface area contributed by atoms with Crippen molar-refractivity contribution in [1.82, 2.24) is 10.6 Å². The predicted octanol–water partition coefficient (Wildman–Crippen LogP) is 0.0401. The second-order valence-electron chi connectivity index (χ2n) is 2.69. The van der Waals surface area contributed by atoms with Gasteiger partial charge in [0.05, 0.1) is 6.26 Å². The van der Waals surface area contributed by atoms with E-state index in [9.17, 15) is 4.79 Å². The van der Waals surface area contributed by atoms with Gasteiger partial charge in [-0.15, -0.1) is 0 Å². The lowest BCUT2D eigenvalue weighted by Gasteiger charge is -2.21. The fourth-order valence-corrected chi connectivity index (χ4v) is 1.28. The van der Waals surface area contributed by atoms with E-state index < -0.39 is 0 Å². The Balaban J connectivity index is 2.17. The Hall–Kier alpha value is -1.29. The molecular formula is C8H10N2O2. The smallest absolute Gasteiger partial charge is 0.245 e. The van der Waals surface area contributed by atoms with Gasteiger partial charge in [0.25, 0.3) is 0 Å². The van der Waals surface area contributed by atoms with Crippen LogP contribution in [0.4, 0.5) is 0 Å². The van der Waals surface area contributed by atoms with Gasteiger partial charge in [-0.3, -0.25) is 10.1 Å². The third kappa shape index (κ3) is 1.21. The maximum atomic E-state index is 11.3. The van der Waals surface area contributed by atoms with Crippen molar-refractivity contribution in [3.63, 3.8) is 0 Å². The second-order valence-corrected chi connectivity index (χ2v) is 2.69. The van der Waals surface area contributed by atoms with Gasteiger partial charge in [-0.1, -0.05) is 0 Å². The summed E-state index contributed by atoms with van der Waals surface area (Å²) in [5, 5.41) is 5.82. The zero-order valence-corrected chi connectivity index (χ0v) is 6.54. The number of hydrogen-bond acceptors (Lipinski definition) is 3. The van der Waals surface area contributed by atoms with E-state index in [1.54, 1.807) is 18.4 Å². The summed E-state index contributed by atoms with van der Waals surface area (Å²) in [6.45, 7) is 1.48. The normalized spacial score (nSPS) is 23.7. The van der Waals surface area contributed by atoms with Crippen molar-refractivity contribution in [3.8, 4) is 0 Å². The minimum absolute atomic E-state index is 0.0174. The molecule has 12 heavy (non-hydrogen) atoms. The van der Waals surface area contributed by atoms with Crippen molar-refractivity contribution in [2.45, 2.75) is 6.04 Å². The van der Waals surface area contributed by atoms with Crippen LogP contribution in [0.5, 0.6) is 0 Å². The van der Waals surface area contributed by atoms with E-state index >= 15 is 0 Å². The average molecular weight is 166 g/mol. The summed E-state index contributed by atoms with van der Waals surface area (Å²) in [5.41, 5.74) is 0. The van der Waals surface area contributed by atoms with Crippen LogP contribution in [0.2, 0.25) is 0 Å². The number of hydrogen-bond donors (Lipinski definition) is 2. The van der Waals surface area contributed by atoms with Crippen molar-refractivity contribution in [2.24, 2.45) is 0 Å². The molecular weight excluding hydrogens is 156 g/mol. The highest BCUT2D eigenvalue weighted by molar-refractivity contribution is 5.83. The molecule has 2 N–H and O–H groups in total. The van der Waals surface area contributed by atoms with E-state index in [0.717, 1.165) is 6.54 Å². The molecule has 1 saturated heterocycles. The molecule has 0 saturated carbocycles. The van der Waals surface area contributed by atoms with Crippen LogP contribution in [0.25, 0.3) is 0 Å². The highest BCUT2D eigenvalue weighted by Crippen LogP contribution is 2.14. The summed E-state index contributed by atoms with van der Waals surface area (Å²) in [5.74, 6) is 0.656. The lowest BCUT2D eigenvalue weighted by Crippen LogP contribution is -2.47. The monoisotopic (exact) mass is 166 g/mol. The fourth-order valence-electron chi connectivity index (χ4n) is 1.28. The molecule has 1 amide bonds.